The third-order valence-electron chi connectivity index (χ3n) is 4.52. The number of benzene rings is 1. The molecule has 5 nitrogen and oxygen atoms in total. The molecule has 0 unspecified atom stereocenters. The number of anilines is 1. The molecule has 0 aromatic heterocycles. The fourth-order valence-electron chi connectivity index (χ4n) is 3.47. The zero-order valence-corrected chi connectivity index (χ0v) is 14.4. The predicted molar refractivity (Wildman–Crippen MR) is 95.1 cm³/mol. The van der Waals surface area contributed by atoms with Gasteiger partial charge in [0.1, 0.15) is 5.66 Å². The first-order valence-electron chi connectivity index (χ1n) is 7.84. The molecular formula is C16H22BrN5. The van der Waals surface area contributed by atoms with Crippen LogP contribution in [0.25, 0.3) is 0 Å². The Morgan fingerprint density at radius 2 is 1.95 bits per heavy atom. The third-order valence-corrected chi connectivity index (χ3v) is 5.29. The molecule has 0 bridgehead atoms. The highest BCUT2D eigenvalue weighted by molar-refractivity contribution is 9.10. The van der Waals surface area contributed by atoms with Crippen molar-refractivity contribution in [3.8, 4) is 0 Å². The van der Waals surface area contributed by atoms with E-state index in [0.717, 1.165) is 42.3 Å². The third kappa shape index (κ3) is 2.60. The number of guanidine groups is 2. The Morgan fingerprint density at radius 1 is 1.23 bits per heavy atom. The van der Waals surface area contributed by atoms with Crippen molar-refractivity contribution in [1.29, 1.82) is 0 Å². The summed E-state index contributed by atoms with van der Waals surface area (Å²) in [6.07, 6.45) is 6.39. The molecule has 0 radical (unpaired) electrons. The van der Waals surface area contributed by atoms with E-state index in [1.54, 1.807) is 0 Å². The number of nitrogens with zero attached hydrogens (tertiary/aromatic N) is 3. The Kier molecular flexibility index (Phi) is 4.12. The topological polar surface area (TPSA) is 80.0 Å². The summed E-state index contributed by atoms with van der Waals surface area (Å²) in [6, 6.07) is 6.30. The lowest BCUT2D eigenvalue weighted by atomic mass is 9.87. The molecular weight excluding hydrogens is 342 g/mol. The van der Waals surface area contributed by atoms with Gasteiger partial charge < -0.3 is 11.5 Å². The lowest BCUT2D eigenvalue weighted by Crippen LogP contribution is -2.58. The SMILES string of the molecule is CCc1cc(N2C(N)=NC(N)=NC23CCCCC3)ccc1Br. The van der Waals surface area contributed by atoms with E-state index in [2.05, 4.69) is 50.9 Å². The maximum atomic E-state index is 6.24. The van der Waals surface area contributed by atoms with E-state index in [1.165, 1.54) is 12.0 Å². The molecule has 1 aromatic rings. The molecule has 4 N–H and O–H groups in total. The molecule has 6 heteroatoms. The lowest BCUT2D eigenvalue weighted by molar-refractivity contribution is 0.305. The maximum Gasteiger partial charge on any atom is 0.220 e. The van der Waals surface area contributed by atoms with Crippen LogP contribution in [0.5, 0.6) is 0 Å². The Balaban J connectivity index is 2.08. The molecule has 1 aromatic carbocycles. The molecule has 1 saturated carbocycles. The molecule has 0 saturated heterocycles. The van der Waals surface area contributed by atoms with Gasteiger partial charge in [0.2, 0.25) is 11.9 Å². The second-order valence-electron chi connectivity index (χ2n) is 5.95. The van der Waals surface area contributed by atoms with E-state index in [1.807, 2.05) is 0 Å². The fourth-order valence-corrected chi connectivity index (χ4v) is 3.99. The molecule has 22 heavy (non-hydrogen) atoms. The standard InChI is InChI=1S/C16H22BrN5/c1-2-11-10-12(6-7-13(11)17)22-15(19)20-14(18)21-16(22)8-4-3-5-9-16/h6-7,10H,2-5,8-9H2,1H3,(H4,18,19,20,21). The van der Waals surface area contributed by atoms with Crippen LogP contribution in [0.3, 0.4) is 0 Å². The summed E-state index contributed by atoms with van der Waals surface area (Å²) in [5.74, 6) is 0.738. The van der Waals surface area contributed by atoms with Gasteiger partial charge in [-0.2, -0.15) is 4.99 Å². The van der Waals surface area contributed by atoms with E-state index >= 15 is 0 Å². The molecule has 1 heterocycles. The number of aryl methyl sites for hydroxylation is 1. The number of rotatable bonds is 2. The summed E-state index contributed by atoms with van der Waals surface area (Å²) >= 11 is 3.60. The van der Waals surface area contributed by atoms with Gasteiger partial charge in [-0.3, -0.25) is 4.90 Å². The first-order valence-corrected chi connectivity index (χ1v) is 8.63. The van der Waals surface area contributed by atoms with E-state index in [0.29, 0.717) is 11.9 Å². The van der Waals surface area contributed by atoms with Crippen molar-refractivity contribution < 1.29 is 0 Å². The van der Waals surface area contributed by atoms with Gasteiger partial charge in [-0.1, -0.05) is 29.3 Å². The van der Waals surface area contributed by atoms with Gasteiger partial charge in [0.15, 0.2) is 0 Å². The van der Waals surface area contributed by atoms with E-state index in [-0.39, 0.29) is 5.66 Å². The molecule has 1 spiro atoms. The van der Waals surface area contributed by atoms with E-state index in [4.69, 9.17) is 16.5 Å². The van der Waals surface area contributed by atoms with Crippen LogP contribution in [0.15, 0.2) is 32.7 Å². The van der Waals surface area contributed by atoms with Crippen LogP contribution < -0.4 is 16.4 Å². The van der Waals surface area contributed by atoms with Crippen LogP contribution >= 0.6 is 15.9 Å². The van der Waals surface area contributed by atoms with Gasteiger partial charge in [0, 0.05) is 10.2 Å². The molecule has 0 amide bonds. The van der Waals surface area contributed by atoms with Gasteiger partial charge in [-0.25, -0.2) is 4.99 Å². The van der Waals surface area contributed by atoms with Crippen LogP contribution in [0.2, 0.25) is 0 Å². The Hall–Kier alpha value is -1.56. The zero-order valence-electron chi connectivity index (χ0n) is 12.8. The van der Waals surface area contributed by atoms with Crippen LogP contribution in [-0.4, -0.2) is 17.6 Å². The molecule has 1 aliphatic carbocycles. The first-order chi connectivity index (χ1) is 10.6. The highest BCUT2D eigenvalue weighted by Gasteiger charge is 2.42. The van der Waals surface area contributed by atoms with Gasteiger partial charge >= 0.3 is 0 Å². The minimum atomic E-state index is -0.368. The number of nitrogens with two attached hydrogens (primary N) is 2. The zero-order chi connectivity index (χ0) is 15.7. The van der Waals surface area contributed by atoms with Crippen LogP contribution in [0, 0.1) is 0 Å². The molecule has 1 aliphatic heterocycles. The maximum absolute atomic E-state index is 6.24. The monoisotopic (exact) mass is 363 g/mol. The van der Waals surface area contributed by atoms with Crippen LogP contribution in [-0.2, 0) is 6.42 Å². The quantitative estimate of drug-likeness (QED) is 0.846. The summed E-state index contributed by atoms with van der Waals surface area (Å²) in [4.78, 5) is 11.0. The Labute approximate surface area is 139 Å². The molecule has 118 valence electrons. The normalized spacial score (nSPS) is 20.7. The van der Waals surface area contributed by atoms with E-state index < -0.39 is 0 Å². The van der Waals surface area contributed by atoms with Crippen molar-refractivity contribution in [2.75, 3.05) is 4.90 Å². The highest BCUT2D eigenvalue weighted by Crippen LogP contribution is 2.40. The second kappa shape index (κ2) is 5.91. The summed E-state index contributed by atoms with van der Waals surface area (Å²) in [6.45, 7) is 2.14. The molecule has 2 aliphatic rings. The highest BCUT2D eigenvalue weighted by atomic mass is 79.9. The second-order valence-corrected chi connectivity index (χ2v) is 6.80. The summed E-state index contributed by atoms with van der Waals surface area (Å²) in [7, 11) is 0. The minimum absolute atomic E-state index is 0.295. The van der Waals surface area contributed by atoms with Gasteiger partial charge in [-0.05, 0) is 55.9 Å². The molecule has 1 fully saturated rings. The lowest BCUT2D eigenvalue weighted by Gasteiger charge is -2.45. The summed E-state index contributed by atoms with van der Waals surface area (Å²) in [5, 5.41) is 0. The van der Waals surface area contributed by atoms with Gasteiger partial charge in [-0.15, -0.1) is 0 Å². The summed E-state index contributed by atoms with van der Waals surface area (Å²) < 4.78 is 1.12. The number of aliphatic imine (C=N–C) groups is 2. The number of hydrogen-bond donors (Lipinski definition) is 2. The average Bonchev–Trinajstić information content (AvgIpc) is 2.48. The van der Waals surface area contributed by atoms with E-state index in [9.17, 15) is 0 Å². The average molecular weight is 364 g/mol. The molecule has 0 atom stereocenters. The Morgan fingerprint density at radius 3 is 2.64 bits per heavy atom. The van der Waals surface area contributed by atoms with Crippen LogP contribution in [0.4, 0.5) is 5.69 Å². The largest absolute Gasteiger partial charge is 0.369 e. The fraction of sp³-hybridized carbons (Fsp3) is 0.500. The number of halogens is 1. The first kappa shape index (κ1) is 15.3. The van der Waals surface area contributed by atoms with Crippen molar-refractivity contribution in [1.82, 2.24) is 0 Å². The van der Waals surface area contributed by atoms with Crippen LogP contribution in [0.1, 0.15) is 44.6 Å². The smallest absolute Gasteiger partial charge is 0.220 e. The summed E-state index contributed by atoms with van der Waals surface area (Å²) in [5.41, 5.74) is 14.1. The predicted octanol–water partition coefficient (Wildman–Crippen LogP) is 3.12. The van der Waals surface area contributed by atoms with Crippen molar-refractivity contribution in [3.63, 3.8) is 0 Å². The van der Waals surface area contributed by atoms with Crippen molar-refractivity contribution in [2.24, 2.45) is 21.5 Å². The van der Waals surface area contributed by atoms with Crippen molar-refractivity contribution >= 4 is 33.5 Å². The van der Waals surface area contributed by atoms with Crippen molar-refractivity contribution in [2.45, 2.75) is 51.1 Å². The molecule has 3 rings (SSSR count). The van der Waals surface area contributed by atoms with Crippen molar-refractivity contribution in [3.05, 3.63) is 28.2 Å². The minimum Gasteiger partial charge on any atom is -0.369 e. The van der Waals surface area contributed by atoms with Gasteiger partial charge in [0.25, 0.3) is 0 Å². The Bertz CT molecular complexity index is 631. The number of hydrogen-bond acceptors (Lipinski definition) is 5. The van der Waals surface area contributed by atoms with Gasteiger partial charge in [0.05, 0.1) is 0 Å².